The van der Waals surface area contributed by atoms with Gasteiger partial charge in [-0.05, 0) is 18.1 Å². The third-order valence-electron chi connectivity index (χ3n) is 4.72. The standard InChI is InChI=1S/C22H25N5O2S/c1-15(30-22-26-25-19(27(22)2)14-13-18(23)28)21(29)24-20(16-9-5-3-6-10-16)17-11-7-4-8-12-17/h3-12,15,20H,13-14H2,1-2H3,(H2,23,28)(H,24,29)/t15-/m0/s1. The van der Waals surface area contributed by atoms with E-state index in [2.05, 4.69) is 15.5 Å². The minimum absolute atomic E-state index is 0.0978. The number of aryl methyl sites for hydroxylation is 1. The molecule has 3 N–H and O–H groups in total. The van der Waals surface area contributed by atoms with Crippen LogP contribution in [-0.4, -0.2) is 31.8 Å². The Hall–Kier alpha value is -3.13. The molecule has 30 heavy (non-hydrogen) atoms. The molecule has 0 saturated heterocycles. The molecule has 0 fully saturated rings. The number of amides is 2. The second kappa shape index (κ2) is 10.1. The highest BCUT2D eigenvalue weighted by Crippen LogP contribution is 2.25. The van der Waals surface area contributed by atoms with Crippen molar-refractivity contribution in [3.05, 3.63) is 77.6 Å². The van der Waals surface area contributed by atoms with Gasteiger partial charge in [-0.1, -0.05) is 72.4 Å². The maximum atomic E-state index is 13.0. The minimum atomic E-state index is -0.383. The maximum Gasteiger partial charge on any atom is 0.234 e. The monoisotopic (exact) mass is 423 g/mol. The lowest BCUT2D eigenvalue weighted by Gasteiger charge is -2.22. The number of rotatable bonds is 9. The van der Waals surface area contributed by atoms with Crippen LogP contribution in [0.3, 0.4) is 0 Å². The summed E-state index contributed by atoms with van der Waals surface area (Å²) in [4.78, 5) is 24.0. The van der Waals surface area contributed by atoms with Crippen LogP contribution in [0.1, 0.15) is 36.3 Å². The summed E-state index contributed by atoms with van der Waals surface area (Å²) in [6.45, 7) is 1.84. The minimum Gasteiger partial charge on any atom is -0.370 e. The Labute approximate surface area is 180 Å². The van der Waals surface area contributed by atoms with Gasteiger partial charge in [0.2, 0.25) is 11.8 Å². The Kier molecular flexibility index (Phi) is 7.24. The van der Waals surface area contributed by atoms with Gasteiger partial charge < -0.3 is 15.6 Å². The van der Waals surface area contributed by atoms with E-state index >= 15 is 0 Å². The molecule has 0 radical (unpaired) electrons. The van der Waals surface area contributed by atoms with Crippen LogP contribution >= 0.6 is 11.8 Å². The van der Waals surface area contributed by atoms with Crippen molar-refractivity contribution in [1.29, 1.82) is 0 Å². The number of thioether (sulfide) groups is 1. The van der Waals surface area contributed by atoms with E-state index in [0.29, 0.717) is 17.4 Å². The number of aromatic nitrogens is 3. The third kappa shape index (κ3) is 5.48. The SMILES string of the molecule is C[C@H](Sc1nnc(CCC(N)=O)n1C)C(=O)NC(c1ccccc1)c1ccccc1. The molecule has 2 aromatic carbocycles. The van der Waals surface area contributed by atoms with Gasteiger partial charge in [0.15, 0.2) is 5.16 Å². The maximum absolute atomic E-state index is 13.0. The van der Waals surface area contributed by atoms with Crippen LogP contribution in [0.2, 0.25) is 0 Å². The zero-order valence-electron chi connectivity index (χ0n) is 17.0. The van der Waals surface area contributed by atoms with E-state index in [1.807, 2.05) is 74.6 Å². The lowest BCUT2D eigenvalue weighted by atomic mass is 9.98. The molecule has 156 valence electrons. The van der Waals surface area contributed by atoms with Gasteiger partial charge in [-0.25, -0.2) is 0 Å². The van der Waals surface area contributed by atoms with Crippen molar-refractivity contribution in [1.82, 2.24) is 20.1 Å². The van der Waals surface area contributed by atoms with Crippen molar-refractivity contribution < 1.29 is 9.59 Å². The lowest BCUT2D eigenvalue weighted by molar-refractivity contribution is -0.121. The number of nitrogens with two attached hydrogens (primary N) is 1. The molecular weight excluding hydrogens is 398 g/mol. The molecule has 0 aliphatic heterocycles. The zero-order valence-corrected chi connectivity index (χ0v) is 17.8. The number of hydrogen-bond acceptors (Lipinski definition) is 5. The third-order valence-corrected chi connectivity index (χ3v) is 5.86. The number of nitrogens with zero attached hydrogens (tertiary/aromatic N) is 3. The molecule has 0 aliphatic carbocycles. The zero-order chi connectivity index (χ0) is 21.5. The van der Waals surface area contributed by atoms with Crippen LogP contribution in [-0.2, 0) is 23.1 Å². The van der Waals surface area contributed by atoms with Crippen molar-refractivity contribution in [3.63, 3.8) is 0 Å². The number of nitrogens with one attached hydrogen (secondary N) is 1. The van der Waals surface area contributed by atoms with E-state index in [1.165, 1.54) is 11.8 Å². The number of carbonyl (C=O) groups excluding carboxylic acids is 2. The Bertz CT molecular complexity index is 952. The second-order valence-corrected chi connectivity index (χ2v) is 8.26. The Balaban J connectivity index is 1.71. The largest absolute Gasteiger partial charge is 0.370 e. The van der Waals surface area contributed by atoms with Gasteiger partial charge in [0.25, 0.3) is 0 Å². The average molecular weight is 424 g/mol. The molecule has 3 rings (SSSR count). The molecule has 2 amide bonds. The molecular formula is C22H25N5O2S. The van der Waals surface area contributed by atoms with Crippen molar-refractivity contribution in [3.8, 4) is 0 Å². The van der Waals surface area contributed by atoms with Gasteiger partial charge in [0, 0.05) is 19.9 Å². The molecule has 1 atom stereocenters. The van der Waals surface area contributed by atoms with Crippen LogP contribution in [0, 0.1) is 0 Å². The van der Waals surface area contributed by atoms with Crippen LogP contribution < -0.4 is 11.1 Å². The predicted molar refractivity (Wildman–Crippen MR) is 117 cm³/mol. The Morgan fingerprint density at radius 1 is 1.03 bits per heavy atom. The number of benzene rings is 2. The van der Waals surface area contributed by atoms with Gasteiger partial charge in [-0.2, -0.15) is 0 Å². The number of primary amides is 1. The van der Waals surface area contributed by atoms with E-state index in [0.717, 1.165) is 11.1 Å². The summed E-state index contributed by atoms with van der Waals surface area (Å²) in [6.07, 6.45) is 0.632. The highest BCUT2D eigenvalue weighted by Gasteiger charge is 2.23. The number of hydrogen-bond donors (Lipinski definition) is 2. The summed E-state index contributed by atoms with van der Waals surface area (Å²) in [5.41, 5.74) is 7.24. The molecule has 3 aromatic rings. The molecule has 0 aliphatic rings. The summed E-state index contributed by atoms with van der Waals surface area (Å²) in [6, 6.07) is 19.5. The van der Waals surface area contributed by atoms with E-state index in [4.69, 9.17) is 5.73 Å². The second-order valence-electron chi connectivity index (χ2n) is 6.95. The van der Waals surface area contributed by atoms with Gasteiger partial charge in [0.1, 0.15) is 5.82 Å². The van der Waals surface area contributed by atoms with Crippen molar-refractivity contribution >= 4 is 23.6 Å². The first-order valence-electron chi connectivity index (χ1n) is 9.69. The summed E-state index contributed by atoms with van der Waals surface area (Å²) in [7, 11) is 1.82. The van der Waals surface area contributed by atoms with Crippen molar-refractivity contribution in [2.24, 2.45) is 12.8 Å². The summed E-state index contributed by atoms with van der Waals surface area (Å²) in [5.74, 6) is 0.183. The predicted octanol–water partition coefficient (Wildman–Crippen LogP) is 2.62. The summed E-state index contributed by atoms with van der Waals surface area (Å²) < 4.78 is 1.79. The van der Waals surface area contributed by atoms with Crippen molar-refractivity contribution in [2.75, 3.05) is 0 Å². The fourth-order valence-electron chi connectivity index (χ4n) is 3.02. The molecule has 0 spiro atoms. The highest BCUT2D eigenvalue weighted by molar-refractivity contribution is 8.00. The van der Waals surface area contributed by atoms with Gasteiger partial charge in [-0.15, -0.1) is 10.2 Å². The summed E-state index contributed by atoms with van der Waals surface area (Å²) >= 11 is 1.33. The van der Waals surface area contributed by atoms with Gasteiger partial charge in [0.05, 0.1) is 11.3 Å². The van der Waals surface area contributed by atoms with Crippen LogP contribution in [0.4, 0.5) is 0 Å². The van der Waals surface area contributed by atoms with Crippen LogP contribution in [0.25, 0.3) is 0 Å². The van der Waals surface area contributed by atoms with Crippen molar-refractivity contribution in [2.45, 2.75) is 36.2 Å². The highest BCUT2D eigenvalue weighted by atomic mass is 32.2. The molecule has 8 heteroatoms. The van der Waals surface area contributed by atoms with E-state index < -0.39 is 0 Å². The molecule has 0 unspecified atom stereocenters. The van der Waals surface area contributed by atoms with Crippen LogP contribution in [0.5, 0.6) is 0 Å². The fourth-order valence-corrected chi connectivity index (χ4v) is 3.86. The van der Waals surface area contributed by atoms with E-state index in [1.54, 1.807) is 4.57 Å². The first-order valence-corrected chi connectivity index (χ1v) is 10.6. The smallest absolute Gasteiger partial charge is 0.234 e. The molecule has 1 heterocycles. The molecule has 7 nitrogen and oxygen atoms in total. The average Bonchev–Trinajstić information content (AvgIpc) is 3.10. The number of carbonyl (C=O) groups is 2. The lowest BCUT2D eigenvalue weighted by Crippen LogP contribution is -2.35. The normalized spacial score (nSPS) is 12.0. The van der Waals surface area contributed by atoms with E-state index in [9.17, 15) is 9.59 Å². The molecule has 1 aromatic heterocycles. The Morgan fingerprint density at radius 3 is 2.13 bits per heavy atom. The summed E-state index contributed by atoms with van der Waals surface area (Å²) in [5, 5.41) is 11.7. The molecule has 0 saturated carbocycles. The molecule has 0 bridgehead atoms. The Morgan fingerprint density at radius 2 is 1.60 bits per heavy atom. The quantitative estimate of drug-likeness (QED) is 0.515. The van der Waals surface area contributed by atoms with E-state index in [-0.39, 0.29) is 29.5 Å². The topological polar surface area (TPSA) is 103 Å². The fraction of sp³-hybridized carbons (Fsp3) is 0.273. The van der Waals surface area contributed by atoms with Gasteiger partial charge in [-0.3, -0.25) is 9.59 Å². The van der Waals surface area contributed by atoms with Gasteiger partial charge >= 0.3 is 0 Å². The first kappa shape index (κ1) is 21.6. The van der Waals surface area contributed by atoms with Crippen LogP contribution in [0.15, 0.2) is 65.8 Å². The first-order chi connectivity index (χ1) is 14.5.